The average Bonchev–Trinajstić information content (AvgIpc) is 3.08. The molecule has 0 spiro atoms. The first-order valence-electron chi connectivity index (χ1n) is 7.06. The second kappa shape index (κ2) is 5.48. The second-order valence-corrected chi connectivity index (χ2v) is 5.19. The third kappa shape index (κ3) is 2.45. The molecule has 0 fully saturated rings. The number of nitrogens with one attached hydrogen (secondary N) is 2. The molecule has 1 amide bonds. The molecule has 106 valence electrons. The van der Waals surface area contributed by atoms with Gasteiger partial charge in [0.05, 0.1) is 6.33 Å². The van der Waals surface area contributed by atoms with Crippen molar-refractivity contribution in [1.29, 1.82) is 0 Å². The zero-order valence-electron chi connectivity index (χ0n) is 11.6. The molecule has 0 saturated heterocycles. The summed E-state index contributed by atoms with van der Waals surface area (Å²) in [4.78, 5) is 19.2. The Labute approximate surface area is 117 Å². The van der Waals surface area contributed by atoms with Crippen LogP contribution in [-0.2, 0) is 26.3 Å². The Bertz CT molecular complexity index is 599. The number of carbonyl (C=O) groups excluding carboxylic acids is 1. The van der Waals surface area contributed by atoms with Gasteiger partial charge < -0.3 is 10.3 Å². The number of fused-ring (bicyclic) bond motifs is 1. The Morgan fingerprint density at radius 1 is 1.45 bits per heavy atom. The van der Waals surface area contributed by atoms with Crippen molar-refractivity contribution in [3.63, 3.8) is 0 Å². The highest BCUT2D eigenvalue weighted by Crippen LogP contribution is 2.23. The number of nitrogens with zero attached hydrogens (tertiary/aromatic N) is 3. The molecule has 1 aliphatic carbocycles. The fraction of sp³-hybridized carbons (Fsp3) is 0.500. The summed E-state index contributed by atoms with van der Waals surface area (Å²) in [6.45, 7) is 0.590. The smallest absolute Gasteiger partial charge is 0.272 e. The fourth-order valence-corrected chi connectivity index (χ4v) is 2.77. The summed E-state index contributed by atoms with van der Waals surface area (Å²) in [5, 5.41) is 7.33. The van der Waals surface area contributed by atoms with E-state index in [9.17, 15) is 4.79 Å². The molecule has 20 heavy (non-hydrogen) atoms. The molecule has 6 heteroatoms. The predicted molar refractivity (Wildman–Crippen MR) is 74.5 cm³/mol. The SMILES string of the molecule is Cn1nc(C(=O)NCCc2cnc[nH]2)c2c1CCCC2. The summed E-state index contributed by atoms with van der Waals surface area (Å²) < 4.78 is 1.86. The van der Waals surface area contributed by atoms with Gasteiger partial charge in [0, 0.05) is 43.2 Å². The molecule has 2 aromatic heterocycles. The van der Waals surface area contributed by atoms with Crippen molar-refractivity contribution in [1.82, 2.24) is 25.1 Å². The molecule has 2 aromatic rings. The Kier molecular flexibility index (Phi) is 3.54. The summed E-state index contributed by atoms with van der Waals surface area (Å²) in [7, 11) is 1.92. The van der Waals surface area contributed by atoms with Gasteiger partial charge in [-0.3, -0.25) is 9.48 Å². The van der Waals surface area contributed by atoms with Crippen LogP contribution in [0.25, 0.3) is 0 Å². The quantitative estimate of drug-likeness (QED) is 0.872. The van der Waals surface area contributed by atoms with E-state index in [1.54, 1.807) is 12.5 Å². The molecule has 2 heterocycles. The summed E-state index contributed by atoms with van der Waals surface area (Å²) >= 11 is 0. The first kappa shape index (κ1) is 12.9. The van der Waals surface area contributed by atoms with Gasteiger partial charge in [0.1, 0.15) is 0 Å². The van der Waals surface area contributed by atoms with E-state index in [0.29, 0.717) is 12.2 Å². The van der Waals surface area contributed by atoms with Crippen molar-refractivity contribution >= 4 is 5.91 Å². The molecule has 6 nitrogen and oxygen atoms in total. The van der Waals surface area contributed by atoms with Gasteiger partial charge in [0.15, 0.2) is 5.69 Å². The number of hydrogen-bond acceptors (Lipinski definition) is 3. The molecule has 0 aromatic carbocycles. The van der Waals surface area contributed by atoms with Gasteiger partial charge in [0.25, 0.3) is 5.91 Å². The molecule has 2 N–H and O–H groups in total. The van der Waals surface area contributed by atoms with Crippen LogP contribution in [0.2, 0.25) is 0 Å². The van der Waals surface area contributed by atoms with E-state index in [1.807, 2.05) is 11.7 Å². The first-order chi connectivity index (χ1) is 9.75. The highest BCUT2D eigenvalue weighted by molar-refractivity contribution is 5.94. The maximum atomic E-state index is 12.2. The molecule has 0 aliphatic heterocycles. The maximum absolute atomic E-state index is 12.2. The van der Waals surface area contributed by atoms with Crippen LogP contribution in [0.15, 0.2) is 12.5 Å². The lowest BCUT2D eigenvalue weighted by Gasteiger charge is -2.12. The molecule has 1 aliphatic rings. The third-order valence-electron chi connectivity index (χ3n) is 3.82. The standard InChI is InChI=1S/C14H19N5O/c1-19-12-5-3-2-4-11(12)13(18-19)14(20)16-7-6-10-8-15-9-17-10/h8-9H,2-7H2,1H3,(H,15,17)(H,16,20). The molecule has 0 bridgehead atoms. The van der Waals surface area contributed by atoms with Gasteiger partial charge in [-0.05, 0) is 25.7 Å². The van der Waals surface area contributed by atoms with Gasteiger partial charge in [0.2, 0.25) is 0 Å². The average molecular weight is 273 g/mol. The number of carbonyl (C=O) groups is 1. The first-order valence-corrected chi connectivity index (χ1v) is 7.06. The minimum absolute atomic E-state index is 0.0664. The van der Waals surface area contributed by atoms with Crippen molar-refractivity contribution < 1.29 is 4.79 Å². The van der Waals surface area contributed by atoms with Crippen molar-refractivity contribution in [3.05, 3.63) is 35.2 Å². The molecular weight excluding hydrogens is 254 g/mol. The van der Waals surface area contributed by atoms with Crippen molar-refractivity contribution in [2.75, 3.05) is 6.54 Å². The highest BCUT2D eigenvalue weighted by atomic mass is 16.1. The summed E-state index contributed by atoms with van der Waals surface area (Å²) in [6.07, 6.45) is 8.50. The van der Waals surface area contributed by atoms with Gasteiger partial charge >= 0.3 is 0 Å². The summed E-state index contributed by atoms with van der Waals surface area (Å²) in [6, 6.07) is 0. The fourth-order valence-electron chi connectivity index (χ4n) is 2.77. The number of rotatable bonds is 4. The van der Waals surface area contributed by atoms with E-state index in [1.165, 1.54) is 12.1 Å². The number of aromatic amines is 1. The second-order valence-electron chi connectivity index (χ2n) is 5.19. The minimum Gasteiger partial charge on any atom is -0.350 e. The molecule has 0 radical (unpaired) electrons. The van der Waals surface area contributed by atoms with Crippen LogP contribution in [0.5, 0.6) is 0 Å². The number of aryl methyl sites for hydroxylation is 1. The number of imidazole rings is 1. The lowest BCUT2D eigenvalue weighted by atomic mass is 9.95. The maximum Gasteiger partial charge on any atom is 0.272 e. The Balaban J connectivity index is 1.65. The number of amides is 1. The van der Waals surface area contributed by atoms with Gasteiger partial charge in [-0.2, -0.15) is 5.10 Å². The van der Waals surface area contributed by atoms with Crippen molar-refractivity contribution in [3.8, 4) is 0 Å². The van der Waals surface area contributed by atoms with E-state index in [2.05, 4.69) is 20.4 Å². The highest BCUT2D eigenvalue weighted by Gasteiger charge is 2.23. The molecular formula is C14H19N5O. The van der Waals surface area contributed by atoms with E-state index in [4.69, 9.17) is 0 Å². The van der Waals surface area contributed by atoms with E-state index >= 15 is 0 Å². The van der Waals surface area contributed by atoms with Crippen LogP contribution in [0, 0.1) is 0 Å². The largest absolute Gasteiger partial charge is 0.350 e. The van der Waals surface area contributed by atoms with Crippen LogP contribution < -0.4 is 5.32 Å². The van der Waals surface area contributed by atoms with Gasteiger partial charge in [-0.15, -0.1) is 0 Å². The third-order valence-corrected chi connectivity index (χ3v) is 3.82. The van der Waals surface area contributed by atoms with Crippen molar-refractivity contribution in [2.45, 2.75) is 32.1 Å². The van der Waals surface area contributed by atoms with E-state index < -0.39 is 0 Å². The van der Waals surface area contributed by atoms with Gasteiger partial charge in [-0.25, -0.2) is 4.98 Å². The van der Waals surface area contributed by atoms with E-state index in [-0.39, 0.29) is 5.91 Å². The van der Waals surface area contributed by atoms with Gasteiger partial charge in [-0.1, -0.05) is 0 Å². The topological polar surface area (TPSA) is 75.6 Å². The predicted octanol–water partition coefficient (Wildman–Crippen LogP) is 0.994. The zero-order valence-corrected chi connectivity index (χ0v) is 11.6. The normalized spacial score (nSPS) is 14.1. The van der Waals surface area contributed by atoms with Crippen LogP contribution in [0.3, 0.4) is 0 Å². The van der Waals surface area contributed by atoms with Crippen LogP contribution in [-0.4, -0.2) is 32.2 Å². The Morgan fingerprint density at radius 3 is 3.10 bits per heavy atom. The molecule has 3 rings (SSSR count). The summed E-state index contributed by atoms with van der Waals surface area (Å²) in [5.74, 6) is -0.0664. The van der Waals surface area contributed by atoms with Crippen molar-refractivity contribution in [2.24, 2.45) is 7.05 Å². The number of H-pyrrole nitrogens is 1. The van der Waals surface area contributed by atoms with Crippen LogP contribution >= 0.6 is 0 Å². The molecule has 0 saturated carbocycles. The van der Waals surface area contributed by atoms with Crippen LogP contribution in [0.4, 0.5) is 0 Å². The number of aromatic nitrogens is 4. The lowest BCUT2D eigenvalue weighted by Crippen LogP contribution is -2.27. The molecule has 0 atom stereocenters. The Hall–Kier alpha value is -2.11. The van der Waals surface area contributed by atoms with Crippen LogP contribution in [0.1, 0.15) is 40.3 Å². The Morgan fingerprint density at radius 2 is 2.30 bits per heavy atom. The minimum atomic E-state index is -0.0664. The summed E-state index contributed by atoms with van der Waals surface area (Å²) in [5.41, 5.74) is 3.98. The zero-order chi connectivity index (χ0) is 13.9. The monoisotopic (exact) mass is 273 g/mol. The molecule has 0 unspecified atom stereocenters. The number of hydrogen-bond donors (Lipinski definition) is 2. The lowest BCUT2D eigenvalue weighted by molar-refractivity contribution is 0.0947. The van der Waals surface area contributed by atoms with E-state index in [0.717, 1.165) is 36.9 Å².